The fourth-order valence-corrected chi connectivity index (χ4v) is 2.17. The Bertz CT molecular complexity index is 213. The van der Waals surface area contributed by atoms with Crippen LogP contribution in [0.1, 0.15) is 32.1 Å². The zero-order chi connectivity index (χ0) is 9.97. The highest BCUT2D eigenvalue weighted by atomic mass is 16.5. The molecule has 0 aromatic heterocycles. The van der Waals surface area contributed by atoms with Gasteiger partial charge in [0.15, 0.2) is 0 Å². The summed E-state index contributed by atoms with van der Waals surface area (Å²) in [7, 11) is 0. The minimum absolute atomic E-state index is 0.0477. The van der Waals surface area contributed by atoms with Crippen LogP contribution in [0.2, 0.25) is 0 Å². The summed E-state index contributed by atoms with van der Waals surface area (Å²) in [5.41, 5.74) is 0. The first-order valence-corrected chi connectivity index (χ1v) is 5.37. The highest BCUT2D eigenvalue weighted by molar-refractivity contribution is 5.81. The molecule has 2 rings (SSSR count). The van der Waals surface area contributed by atoms with E-state index in [-0.39, 0.29) is 24.2 Å². The van der Waals surface area contributed by atoms with Crippen LogP contribution in [0, 0.1) is 0 Å². The van der Waals surface area contributed by atoms with Gasteiger partial charge in [-0.15, -0.1) is 0 Å². The molecule has 0 aromatic rings. The molecule has 2 aliphatic rings. The van der Waals surface area contributed by atoms with E-state index in [0.29, 0.717) is 6.61 Å². The summed E-state index contributed by atoms with van der Waals surface area (Å²) >= 11 is 0. The Morgan fingerprint density at radius 3 is 2.71 bits per heavy atom. The van der Waals surface area contributed by atoms with Gasteiger partial charge >= 0.3 is 0 Å². The summed E-state index contributed by atoms with van der Waals surface area (Å²) in [6.07, 6.45) is 3.83. The summed E-state index contributed by atoms with van der Waals surface area (Å²) in [5, 5.41) is 12.4. The second-order valence-corrected chi connectivity index (χ2v) is 4.11. The minimum atomic E-state index is -0.361. The number of carbonyl (C=O) groups excluding carboxylic acids is 1. The zero-order valence-corrected chi connectivity index (χ0v) is 8.24. The number of aliphatic hydroxyl groups excluding tert-OH is 1. The van der Waals surface area contributed by atoms with Crippen molar-refractivity contribution in [2.24, 2.45) is 0 Å². The molecule has 80 valence electrons. The molecule has 4 nitrogen and oxygen atoms in total. The average Bonchev–Trinajstić information content (AvgIpc) is 2.77. The molecule has 1 heterocycles. The standard InChI is InChI=1S/C10H17NO3/c12-8-4-1-3-7(8)11-10(13)9-5-2-6-14-9/h7-9,12H,1-6H2,(H,11,13)/t7?,8?,9-/m1/s1. The van der Waals surface area contributed by atoms with Crippen molar-refractivity contribution in [3.63, 3.8) is 0 Å². The molecule has 1 saturated heterocycles. The van der Waals surface area contributed by atoms with Crippen LogP contribution in [0.3, 0.4) is 0 Å². The molecular weight excluding hydrogens is 182 g/mol. The molecule has 0 aromatic carbocycles. The smallest absolute Gasteiger partial charge is 0.249 e. The van der Waals surface area contributed by atoms with Crippen molar-refractivity contribution in [1.82, 2.24) is 5.32 Å². The largest absolute Gasteiger partial charge is 0.391 e. The van der Waals surface area contributed by atoms with Crippen molar-refractivity contribution >= 4 is 5.91 Å². The lowest BCUT2D eigenvalue weighted by Crippen LogP contribution is -2.44. The normalized spacial score (nSPS) is 37.4. The van der Waals surface area contributed by atoms with Crippen LogP contribution in [0.4, 0.5) is 0 Å². The van der Waals surface area contributed by atoms with Crippen molar-refractivity contribution < 1.29 is 14.6 Å². The quantitative estimate of drug-likeness (QED) is 0.667. The first-order chi connectivity index (χ1) is 6.77. The Hall–Kier alpha value is -0.610. The van der Waals surface area contributed by atoms with E-state index in [4.69, 9.17) is 4.74 Å². The van der Waals surface area contributed by atoms with Crippen LogP contribution >= 0.6 is 0 Å². The monoisotopic (exact) mass is 199 g/mol. The molecule has 0 spiro atoms. The van der Waals surface area contributed by atoms with Crippen LogP contribution in [0.15, 0.2) is 0 Å². The number of hydrogen-bond donors (Lipinski definition) is 2. The van der Waals surface area contributed by atoms with Gasteiger partial charge in [-0.2, -0.15) is 0 Å². The third kappa shape index (κ3) is 2.07. The zero-order valence-electron chi connectivity index (χ0n) is 8.24. The highest BCUT2D eigenvalue weighted by Gasteiger charge is 2.30. The summed E-state index contributed by atoms with van der Waals surface area (Å²) in [6, 6.07) is -0.0494. The second kappa shape index (κ2) is 4.28. The molecule has 1 amide bonds. The van der Waals surface area contributed by atoms with E-state index >= 15 is 0 Å². The summed E-state index contributed by atoms with van der Waals surface area (Å²) < 4.78 is 5.27. The van der Waals surface area contributed by atoms with E-state index in [2.05, 4.69) is 5.32 Å². The molecule has 3 atom stereocenters. The summed E-state index contributed by atoms with van der Waals surface area (Å²) in [5.74, 6) is -0.0477. The Morgan fingerprint density at radius 1 is 1.29 bits per heavy atom. The van der Waals surface area contributed by atoms with Crippen LogP contribution in [0.5, 0.6) is 0 Å². The van der Waals surface area contributed by atoms with Crippen molar-refractivity contribution in [2.75, 3.05) is 6.61 Å². The number of amides is 1. The van der Waals surface area contributed by atoms with E-state index in [9.17, 15) is 9.90 Å². The van der Waals surface area contributed by atoms with Crippen molar-refractivity contribution in [1.29, 1.82) is 0 Å². The first kappa shape index (κ1) is 9.93. The number of rotatable bonds is 2. The number of carbonyl (C=O) groups is 1. The van der Waals surface area contributed by atoms with Gasteiger partial charge in [0.05, 0.1) is 12.1 Å². The molecule has 1 saturated carbocycles. The Labute approximate surface area is 83.6 Å². The fraction of sp³-hybridized carbons (Fsp3) is 0.900. The van der Waals surface area contributed by atoms with Gasteiger partial charge in [0.25, 0.3) is 0 Å². The van der Waals surface area contributed by atoms with E-state index in [1.54, 1.807) is 0 Å². The first-order valence-electron chi connectivity index (χ1n) is 5.37. The van der Waals surface area contributed by atoms with Gasteiger partial charge in [-0.1, -0.05) is 0 Å². The fourth-order valence-electron chi connectivity index (χ4n) is 2.17. The van der Waals surface area contributed by atoms with Crippen molar-refractivity contribution in [3.05, 3.63) is 0 Å². The number of nitrogens with one attached hydrogen (secondary N) is 1. The molecular formula is C10H17NO3. The van der Waals surface area contributed by atoms with Gasteiger partial charge in [-0.3, -0.25) is 4.79 Å². The Balaban J connectivity index is 1.81. The molecule has 4 heteroatoms. The van der Waals surface area contributed by atoms with E-state index < -0.39 is 0 Å². The summed E-state index contributed by atoms with van der Waals surface area (Å²) in [4.78, 5) is 11.6. The summed E-state index contributed by atoms with van der Waals surface area (Å²) in [6.45, 7) is 0.686. The molecule has 0 radical (unpaired) electrons. The lowest BCUT2D eigenvalue weighted by atomic mass is 10.2. The minimum Gasteiger partial charge on any atom is -0.391 e. The van der Waals surface area contributed by atoms with Gasteiger partial charge in [-0.05, 0) is 32.1 Å². The average molecular weight is 199 g/mol. The molecule has 2 unspecified atom stereocenters. The maximum atomic E-state index is 11.6. The lowest BCUT2D eigenvalue weighted by Gasteiger charge is -2.18. The van der Waals surface area contributed by atoms with Gasteiger partial charge in [-0.25, -0.2) is 0 Å². The lowest BCUT2D eigenvalue weighted by molar-refractivity contribution is -0.131. The highest BCUT2D eigenvalue weighted by Crippen LogP contribution is 2.20. The molecule has 14 heavy (non-hydrogen) atoms. The Kier molecular flexibility index (Phi) is 3.03. The van der Waals surface area contributed by atoms with Crippen LogP contribution < -0.4 is 5.32 Å². The molecule has 1 aliphatic heterocycles. The SMILES string of the molecule is O=C(NC1CCCC1O)[C@H]1CCCO1. The van der Waals surface area contributed by atoms with Gasteiger partial charge < -0.3 is 15.2 Å². The van der Waals surface area contributed by atoms with Gasteiger partial charge in [0, 0.05) is 6.61 Å². The van der Waals surface area contributed by atoms with Crippen LogP contribution in [-0.4, -0.2) is 35.9 Å². The third-order valence-electron chi connectivity index (χ3n) is 3.03. The van der Waals surface area contributed by atoms with Crippen LogP contribution in [-0.2, 0) is 9.53 Å². The second-order valence-electron chi connectivity index (χ2n) is 4.11. The number of ether oxygens (including phenoxy) is 1. The van der Waals surface area contributed by atoms with Crippen LogP contribution in [0.25, 0.3) is 0 Å². The third-order valence-corrected chi connectivity index (χ3v) is 3.03. The number of aliphatic hydroxyl groups is 1. The van der Waals surface area contributed by atoms with Crippen molar-refractivity contribution in [3.8, 4) is 0 Å². The van der Waals surface area contributed by atoms with E-state index in [0.717, 1.165) is 32.1 Å². The topological polar surface area (TPSA) is 58.6 Å². The van der Waals surface area contributed by atoms with E-state index in [1.807, 2.05) is 0 Å². The maximum Gasteiger partial charge on any atom is 0.249 e. The molecule has 0 bridgehead atoms. The molecule has 1 aliphatic carbocycles. The predicted molar refractivity (Wildman–Crippen MR) is 50.8 cm³/mol. The molecule has 2 fully saturated rings. The molecule has 2 N–H and O–H groups in total. The Morgan fingerprint density at radius 2 is 2.14 bits per heavy atom. The number of hydrogen-bond acceptors (Lipinski definition) is 3. The van der Waals surface area contributed by atoms with Gasteiger partial charge in [0.1, 0.15) is 6.10 Å². The van der Waals surface area contributed by atoms with Crippen molar-refractivity contribution in [2.45, 2.75) is 50.4 Å². The maximum absolute atomic E-state index is 11.6. The van der Waals surface area contributed by atoms with Gasteiger partial charge in [0.2, 0.25) is 5.91 Å². The predicted octanol–water partition coefficient (Wildman–Crippen LogP) is 0.195. The van der Waals surface area contributed by atoms with E-state index in [1.165, 1.54) is 0 Å².